The van der Waals surface area contributed by atoms with Crippen LogP contribution in [0.5, 0.6) is 0 Å². The molecule has 0 aromatic carbocycles. The summed E-state index contributed by atoms with van der Waals surface area (Å²) in [5, 5.41) is 8.40. The zero-order valence-corrected chi connectivity index (χ0v) is 11.4. The van der Waals surface area contributed by atoms with E-state index >= 15 is 0 Å². The maximum Gasteiger partial charge on any atom is 0.334 e. The van der Waals surface area contributed by atoms with Crippen molar-refractivity contribution in [2.75, 3.05) is 6.61 Å². The van der Waals surface area contributed by atoms with Crippen LogP contribution in [0.4, 0.5) is 0 Å². The molecule has 0 unspecified atom stereocenters. The molecule has 0 bridgehead atoms. The van der Waals surface area contributed by atoms with Gasteiger partial charge in [0.2, 0.25) is 0 Å². The third-order valence-corrected chi connectivity index (χ3v) is 3.05. The topological polar surface area (TPSA) is 89.9 Å². The quantitative estimate of drug-likeness (QED) is 0.566. The molecule has 0 aromatic rings. The van der Waals surface area contributed by atoms with Crippen LogP contribution in [0.2, 0.25) is 0 Å². The molecule has 6 nitrogen and oxygen atoms in total. The highest BCUT2D eigenvalue weighted by atomic mass is 16.5. The van der Waals surface area contributed by atoms with E-state index < -0.39 is 17.9 Å². The molecule has 0 amide bonds. The third kappa shape index (κ3) is 6.36. The van der Waals surface area contributed by atoms with Gasteiger partial charge in [-0.1, -0.05) is 13.0 Å². The summed E-state index contributed by atoms with van der Waals surface area (Å²) in [6.07, 6.45) is 4.44. The molecule has 1 rings (SSSR count). The van der Waals surface area contributed by atoms with Crippen molar-refractivity contribution >= 4 is 17.9 Å². The molecule has 0 radical (unpaired) electrons. The van der Waals surface area contributed by atoms with Crippen LogP contribution in [0.1, 0.15) is 44.9 Å². The van der Waals surface area contributed by atoms with E-state index in [9.17, 15) is 14.4 Å². The molecule has 0 spiro atoms. The second kappa shape index (κ2) is 8.35. The van der Waals surface area contributed by atoms with E-state index in [0.717, 1.165) is 32.1 Å². The summed E-state index contributed by atoms with van der Waals surface area (Å²) in [5.41, 5.74) is -0.0174. The summed E-state index contributed by atoms with van der Waals surface area (Å²) in [4.78, 5) is 33.3. The predicted octanol–water partition coefficient (Wildman–Crippen LogP) is 1.83. The number of aliphatic carboxylic acids is 1. The highest BCUT2D eigenvalue weighted by molar-refractivity contribution is 5.93. The Balaban J connectivity index is 2.24. The molecular formula is C14H20O6. The van der Waals surface area contributed by atoms with Crippen molar-refractivity contribution in [2.24, 2.45) is 0 Å². The molecule has 20 heavy (non-hydrogen) atoms. The van der Waals surface area contributed by atoms with E-state index in [-0.39, 0.29) is 31.1 Å². The first kappa shape index (κ1) is 16.2. The van der Waals surface area contributed by atoms with Gasteiger partial charge in [-0.15, -0.1) is 0 Å². The first-order valence-corrected chi connectivity index (χ1v) is 6.75. The number of hydrogen-bond acceptors (Lipinski definition) is 5. The van der Waals surface area contributed by atoms with E-state index in [4.69, 9.17) is 9.84 Å². The number of rotatable bonds is 7. The molecule has 1 saturated carbocycles. The second-order valence-electron chi connectivity index (χ2n) is 4.81. The van der Waals surface area contributed by atoms with Crippen LogP contribution in [0.3, 0.4) is 0 Å². The van der Waals surface area contributed by atoms with Gasteiger partial charge in [-0.05, 0) is 25.7 Å². The van der Waals surface area contributed by atoms with Gasteiger partial charge in [-0.3, -0.25) is 9.59 Å². The Hall–Kier alpha value is -1.85. The van der Waals surface area contributed by atoms with Crippen LogP contribution < -0.4 is 0 Å². The van der Waals surface area contributed by atoms with Crippen molar-refractivity contribution in [2.45, 2.75) is 51.0 Å². The van der Waals surface area contributed by atoms with Crippen molar-refractivity contribution in [3.63, 3.8) is 0 Å². The lowest BCUT2D eigenvalue weighted by Crippen LogP contribution is -2.22. The SMILES string of the molecule is C=C(CC(=O)OC1CCCCC1)C(=O)OCCC(=O)O. The highest BCUT2D eigenvalue weighted by Gasteiger charge is 2.20. The fraction of sp³-hybridized carbons (Fsp3) is 0.643. The Kier molecular flexibility index (Phi) is 6.76. The summed E-state index contributed by atoms with van der Waals surface area (Å²) in [6.45, 7) is 3.23. The Morgan fingerprint density at radius 2 is 1.80 bits per heavy atom. The van der Waals surface area contributed by atoms with Crippen LogP contribution in [-0.4, -0.2) is 35.7 Å². The second-order valence-corrected chi connectivity index (χ2v) is 4.81. The van der Waals surface area contributed by atoms with Crippen molar-refractivity contribution in [1.29, 1.82) is 0 Å². The van der Waals surface area contributed by atoms with Gasteiger partial charge in [0, 0.05) is 5.57 Å². The van der Waals surface area contributed by atoms with Crippen molar-refractivity contribution in [3.05, 3.63) is 12.2 Å². The lowest BCUT2D eigenvalue weighted by Gasteiger charge is -2.21. The summed E-state index contributed by atoms with van der Waals surface area (Å²) in [5.74, 6) is -2.30. The van der Waals surface area contributed by atoms with Gasteiger partial charge in [0.1, 0.15) is 12.7 Å². The molecule has 0 saturated heterocycles. The van der Waals surface area contributed by atoms with Crippen molar-refractivity contribution in [3.8, 4) is 0 Å². The minimum Gasteiger partial charge on any atom is -0.481 e. The number of ether oxygens (including phenoxy) is 2. The Labute approximate surface area is 117 Å². The van der Waals surface area contributed by atoms with Crippen LogP contribution >= 0.6 is 0 Å². The maximum atomic E-state index is 11.6. The van der Waals surface area contributed by atoms with Gasteiger partial charge in [-0.25, -0.2) is 4.79 Å². The number of carboxylic acids is 1. The fourth-order valence-corrected chi connectivity index (χ4v) is 1.99. The molecule has 0 aromatic heterocycles. The number of hydrogen-bond donors (Lipinski definition) is 1. The first-order chi connectivity index (χ1) is 9.49. The molecule has 6 heteroatoms. The average Bonchev–Trinajstić information content (AvgIpc) is 2.39. The normalized spacial score (nSPS) is 15.4. The predicted molar refractivity (Wildman–Crippen MR) is 69.9 cm³/mol. The molecule has 0 atom stereocenters. The molecule has 1 aliphatic rings. The van der Waals surface area contributed by atoms with E-state index in [2.05, 4.69) is 11.3 Å². The zero-order chi connectivity index (χ0) is 15.0. The minimum absolute atomic E-state index is 0.0174. The highest BCUT2D eigenvalue weighted by Crippen LogP contribution is 2.21. The fourth-order valence-electron chi connectivity index (χ4n) is 1.99. The molecule has 0 aliphatic heterocycles. The molecule has 0 heterocycles. The third-order valence-electron chi connectivity index (χ3n) is 3.05. The van der Waals surface area contributed by atoms with Crippen LogP contribution in [0.25, 0.3) is 0 Å². The van der Waals surface area contributed by atoms with Gasteiger partial charge in [0.15, 0.2) is 0 Å². The number of carboxylic acid groups (broad SMARTS) is 1. The van der Waals surface area contributed by atoms with Crippen LogP contribution in [0.15, 0.2) is 12.2 Å². The molecule has 112 valence electrons. The van der Waals surface area contributed by atoms with Crippen LogP contribution in [0, 0.1) is 0 Å². The van der Waals surface area contributed by atoms with Gasteiger partial charge in [0.05, 0.1) is 12.8 Å². The monoisotopic (exact) mass is 284 g/mol. The van der Waals surface area contributed by atoms with Gasteiger partial charge >= 0.3 is 17.9 Å². The maximum absolute atomic E-state index is 11.6. The minimum atomic E-state index is -1.06. The number of carbonyl (C=O) groups is 3. The first-order valence-electron chi connectivity index (χ1n) is 6.75. The van der Waals surface area contributed by atoms with Crippen molar-refractivity contribution < 1.29 is 29.0 Å². The summed E-state index contributed by atoms with van der Waals surface area (Å²) < 4.78 is 9.93. The number of carbonyl (C=O) groups excluding carboxylic acids is 2. The number of esters is 2. The molecule has 1 aliphatic carbocycles. The standard InChI is InChI=1S/C14H20O6/c1-10(14(18)19-8-7-12(15)16)9-13(17)20-11-5-3-2-4-6-11/h11H,1-9H2,(H,15,16). The Bertz CT molecular complexity index is 381. The Morgan fingerprint density at radius 1 is 1.15 bits per heavy atom. The van der Waals surface area contributed by atoms with E-state index in [0.29, 0.717) is 0 Å². The van der Waals surface area contributed by atoms with E-state index in [1.54, 1.807) is 0 Å². The summed E-state index contributed by atoms with van der Waals surface area (Å²) in [6, 6.07) is 0. The lowest BCUT2D eigenvalue weighted by atomic mass is 9.98. The van der Waals surface area contributed by atoms with E-state index in [1.807, 2.05) is 0 Å². The summed E-state index contributed by atoms with van der Waals surface area (Å²) >= 11 is 0. The van der Waals surface area contributed by atoms with Gasteiger partial charge in [-0.2, -0.15) is 0 Å². The van der Waals surface area contributed by atoms with Crippen LogP contribution in [-0.2, 0) is 23.9 Å². The van der Waals surface area contributed by atoms with E-state index in [1.165, 1.54) is 0 Å². The molecule has 1 fully saturated rings. The summed E-state index contributed by atoms with van der Waals surface area (Å²) in [7, 11) is 0. The molecular weight excluding hydrogens is 264 g/mol. The van der Waals surface area contributed by atoms with Gasteiger partial charge in [0.25, 0.3) is 0 Å². The Morgan fingerprint density at radius 3 is 2.40 bits per heavy atom. The van der Waals surface area contributed by atoms with Gasteiger partial charge < -0.3 is 14.6 Å². The zero-order valence-electron chi connectivity index (χ0n) is 11.4. The molecule has 1 N–H and O–H groups in total. The largest absolute Gasteiger partial charge is 0.481 e. The van der Waals surface area contributed by atoms with Crippen molar-refractivity contribution in [1.82, 2.24) is 0 Å². The average molecular weight is 284 g/mol. The lowest BCUT2D eigenvalue weighted by molar-refractivity contribution is -0.152. The smallest absolute Gasteiger partial charge is 0.334 e.